The quantitative estimate of drug-likeness (QED) is 0.861. The van der Waals surface area contributed by atoms with Gasteiger partial charge in [0.15, 0.2) is 0 Å². The fraction of sp³-hybridized carbons (Fsp3) is 0.941. The lowest BCUT2D eigenvalue weighted by Crippen LogP contribution is -2.46. The van der Waals surface area contributed by atoms with Gasteiger partial charge in [-0.25, -0.2) is 4.79 Å². The van der Waals surface area contributed by atoms with Crippen molar-refractivity contribution in [1.82, 2.24) is 10.2 Å². The monoisotopic (exact) mass is 328 g/mol. The molecular weight excluding hydrogens is 296 g/mol. The lowest BCUT2D eigenvalue weighted by Gasteiger charge is -2.35. The smallest absolute Gasteiger partial charge is 0.410 e. The Morgan fingerprint density at radius 1 is 1.27 bits per heavy atom. The molecular formula is C17H32N2O2S. The number of piperidine rings is 1. The number of nitrogens with one attached hydrogen (secondary N) is 1. The maximum atomic E-state index is 12.1. The van der Waals surface area contributed by atoms with Crippen molar-refractivity contribution in [1.29, 1.82) is 0 Å². The fourth-order valence-electron chi connectivity index (χ4n) is 3.16. The highest BCUT2D eigenvalue weighted by Gasteiger charge is 2.28. The van der Waals surface area contributed by atoms with Gasteiger partial charge in [-0.2, -0.15) is 11.8 Å². The normalized spacial score (nSPS) is 27.7. The van der Waals surface area contributed by atoms with E-state index in [0.29, 0.717) is 12.0 Å². The molecule has 5 heteroatoms. The van der Waals surface area contributed by atoms with E-state index in [1.54, 1.807) is 0 Å². The molecule has 1 amide bonds. The molecule has 0 radical (unpaired) electrons. The van der Waals surface area contributed by atoms with Gasteiger partial charge in [-0.3, -0.25) is 0 Å². The molecule has 0 aromatic carbocycles. The molecule has 2 heterocycles. The Labute approximate surface area is 139 Å². The molecule has 2 unspecified atom stereocenters. The van der Waals surface area contributed by atoms with Gasteiger partial charge in [0.05, 0.1) is 0 Å². The predicted molar refractivity (Wildman–Crippen MR) is 93.5 cm³/mol. The zero-order chi connectivity index (χ0) is 16.2. The number of thioether (sulfide) groups is 1. The van der Waals surface area contributed by atoms with Crippen LogP contribution in [0.25, 0.3) is 0 Å². The van der Waals surface area contributed by atoms with Crippen LogP contribution in [-0.2, 0) is 4.74 Å². The third-order valence-electron chi connectivity index (χ3n) is 4.54. The van der Waals surface area contributed by atoms with Gasteiger partial charge in [0.2, 0.25) is 0 Å². The summed E-state index contributed by atoms with van der Waals surface area (Å²) < 4.78 is 5.45. The Balaban J connectivity index is 1.67. The standard InChI is InChI=1S/C17H32N2O2S/c1-13-15(6-5-11-22-13)18-12-14-7-9-19(10-8-14)16(20)21-17(2,3)4/h13-15,18H,5-12H2,1-4H3. The lowest BCUT2D eigenvalue weighted by molar-refractivity contribution is 0.0183. The molecule has 2 aliphatic heterocycles. The lowest BCUT2D eigenvalue weighted by atomic mass is 9.96. The summed E-state index contributed by atoms with van der Waals surface area (Å²) in [5.41, 5.74) is -0.399. The summed E-state index contributed by atoms with van der Waals surface area (Å²) in [4.78, 5) is 13.9. The van der Waals surface area contributed by atoms with Gasteiger partial charge in [0.25, 0.3) is 0 Å². The minimum atomic E-state index is -0.399. The van der Waals surface area contributed by atoms with Crippen molar-refractivity contribution in [3.05, 3.63) is 0 Å². The molecule has 128 valence electrons. The van der Waals surface area contributed by atoms with Crippen molar-refractivity contribution < 1.29 is 9.53 Å². The van der Waals surface area contributed by atoms with Gasteiger partial charge < -0.3 is 15.0 Å². The summed E-state index contributed by atoms with van der Waals surface area (Å²) in [5.74, 6) is 2.01. The number of hydrogen-bond acceptors (Lipinski definition) is 4. The minimum Gasteiger partial charge on any atom is -0.444 e. The molecule has 2 rings (SSSR count). The van der Waals surface area contributed by atoms with Crippen LogP contribution in [0, 0.1) is 5.92 Å². The second-order valence-electron chi connectivity index (χ2n) is 7.64. The van der Waals surface area contributed by atoms with Crippen molar-refractivity contribution in [3.8, 4) is 0 Å². The van der Waals surface area contributed by atoms with Gasteiger partial charge in [-0.15, -0.1) is 0 Å². The SMILES string of the molecule is CC1SCCCC1NCC1CCN(C(=O)OC(C)(C)C)CC1. The number of rotatable bonds is 3. The number of carbonyl (C=O) groups is 1. The van der Waals surface area contributed by atoms with Crippen LogP contribution >= 0.6 is 11.8 Å². The first-order valence-electron chi connectivity index (χ1n) is 8.68. The van der Waals surface area contributed by atoms with Crippen molar-refractivity contribution in [2.45, 2.75) is 70.3 Å². The largest absolute Gasteiger partial charge is 0.444 e. The molecule has 22 heavy (non-hydrogen) atoms. The number of amides is 1. The molecule has 2 atom stereocenters. The second-order valence-corrected chi connectivity index (χ2v) is 9.13. The maximum absolute atomic E-state index is 12.1. The average Bonchev–Trinajstić information content (AvgIpc) is 2.45. The van der Waals surface area contributed by atoms with E-state index in [1.165, 1.54) is 18.6 Å². The van der Waals surface area contributed by atoms with Crippen LogP contribution in [0.5, 0.6) is 0 Å². The predicted octanol–water partition coefficient (Wildman–Crippen LogP) is 3.51. The molecule has 0 spiro atoms. The molecule has 0 aliphatic carbocycles. The molecule has 0 bridgehead atoms. The highest BCUT2D eigenvalue weighted by molar-refractivity contribution is 7.99. The summed E-state index contributed by atoms with van der Waals surface area (Å²) in [6.45, 7) is 10.9. The van der Waals surface area contributed by atoms with E-state index in [0.717, 1.165) is 37.7 Å². The summed E-state index contributed by atoms with van der Waals surface area (Å²) in [6, 6.07) is 0.669. The molecule has 0 aromatic rings. The minimum absolute atomic E-state index is 0.156. The molecule has 1 N–H and O–H groups in total. The first-order chi connectivity index (χ1) is 10.3. The van der Waals surface area contributed by atoms with Crippen LogP contribution in [0.4, 0.5) is 4.79 Å². The molecule has 0 saturated carbocycles. The van der Waals surface area contributed by atoms with Gasteiger partial charge in [-0.1, -0.05) is 6.92 Å². The van der Waals surface area contributed by atoms with Gasteiger partial charge >= 0.3 is 6.09 Å². The van der Waals surface area contributed by atoms with Crippen LogP contribution < -0.4 is 5.32 Å². The Kier molecular flexibility index (Phi) is 6.45. The summed E-state index contributed by atoms with van der Waals surface area (Å²) in [6.07, 6.45) is 4.66. The Hall–Kier alpha value is -0.420. The topological polar surface area (TPSA) is 41.6 Å². The van der Waals surface area contributed by atoms with Crippen LogP contribution in [0.15, 0.2) is 0 Å². The average molecular weight is 329 g/mol. The Bertz CT molecular complexity index is 362. The van der Waals surface area contributed by atoms with Crippen LogP contribution in [0.1, 0.15) is 53.4 Å². The molecule has 2 fully saturated rings. The van der Waals surface area contributed by atoms with Crippen LogP contribution in [0.3, 0.4) is 0 Å². The van der Waals surface area contributed by atoms with Gasteiger partial charge in [0, 0.05) is 24.4 Å². The maximum Gasteiger partial charge on any atom is 0.410 e. The molecule has 4 nitrogen and oxygen atoms in total. The van der Waals surface area contributed by atoms with E-state index in [-0.39, 0.29) is 6.09 Å². The molecule has 2 aliphatic rings. The molecule has 0 aromatic heterocycles. The number of ether oxygens (including phenoxy) is 1. The van der Waals surface area contributed by atoms with Crippen LogP contribution in [0.2, 0.25) is 0 Å². The second kappa shape index (κ2) is 7.91. The highest BCUT2D eigenvalue weighted by Crippen LogP contribution is 2.26. The van der Waals surface area contributed by atoms with Crippen molar-refractivity contribution in [3.63, 3.8) is 0 Å². The van der Waals surface area contributed by atoms with E-state index in [9.17, 15) is 4.79 Å². The zero-order valence-electron chi connectivity index (χ0n) is 14.6. The molecule has 2 saturated heterocycles. The van der Waals surface area contributed by atoms with Crippen molar-refractivity contribution in [2.75, 3.05) is 25.4 Å². The zero-order valence-corrected chi connectivity index (χ0v) is 15.4. The van der Waals surface area contributed by atoms with Gasteiger partial charge in [-0.05, 0) is 64.7 Å². The number of nitrogens with zero attached hydrogens (tertiary/aromatic N) is 1. The van der Waals surface area contributed by atoms with E-state index < -0.39 is 5.60 Å². The summed E-state index contributed by atoms with van der Waals surface area (Å²) in [7, 11) is 0. The Morgan fingerprint density at radius 3 is 2.55 bits per heavy atom. The number of carbonyl (C=O) groups excluding carboxylic acids is 1. The number of hydrogen-bond donors (Lipinski definition) is 1. The van der Waals surface area contributed by atoms with E-state index in [2.05, 4.69) is 24.0 Å². The fourth-order valence-corrected chi connectivity index (χ4v) is 4.33. The highest BCUT2D eigenvalue weighted by atomic mass is 32.2. The van der Waals surface area contributed by atoms with Crippen molar-refractivity contribution in [2.24, 2.45) is 5.92 Å². The van der Waals surface area contributed by atoms with E-state index in [4.69, 9.17) is 4.74 Å². The van der Waals surface area contributed by atoms with E-state index >= 15 is 0 Å². The third-order valence-corrected chi connectivity index (χ3v) is 5.92. The van der Waals surface area contributed by atoms with E-state index in [1.807, 2.05) is 25.7 Å². The number of likely N-dealkylation sites (tertiary alicyclic amines) is 1. The third kappa shape index (κ3) is 5.65. The Morgan fingerprint density at radius 2 is 1.95 bits per heavy atom. The van der Waals surface area contributed by atoms with Crippen molar-refractivity contribution >= 4 is 17.9 Å². The first kappa shape index (κ1) is 17.9. The summed E-state index contributed by atoms with van der Waals surface area (Å²) in [5, 5.41) is 4.50. The summed E-state index contributed by atoms with van der Waals surface area (Å²) >= 11 is 2.09. The first-order valence-corrected chi connectivity index (χ1v) is 9.73. The van der Waals surface area contributed by atoms with Gasteiger partial charge in [0.1, 0.15) is 5.60 Å². The van der Waals surface area contributed by atoms with Crippen LogP contribution in [-0.4, -0.2) is 53.3 Å².